The first-order valence-corrected chi connectivity index (χ1v) is 11.6. The Kier molecular flexibility index (Phi) is 4.93. The molecule has 0 fully saturated rings. The second-order valence-corrected chi connectivity index (χ2v) is 8.88. The van der Waals surface area contributed by atoms with Gasteiger partial charge in [0.2, 0.25) is 11.5 Å². The second-order valence-electron chi connectivity index (χ2n) is 8.88. The standard InChI is InChI=1S/C29H21N3O4/c1-19-11-13-21(14-12-19)27-30-26(20-15-17-23(18-16-20)32(34)35)29(36-27)24-9-5-6-10-25(24)31(28(29)33)22-7-3-2-4-8-22/h2-18,26H,1H3/t26-,29-/m1/s1. The van der Waals surface area contributed by atoms with Gasteiger partial charge < -0.3 is 4.74 Å². The van der Waals surface area contributed by atoms with Crippen molar-refractivity contribution in [3.05, 3.63) is 135 Å². The third-order valence-electron chi connectivity index (χ3n) is 6.69. The molecule has 0 bridgehead atoms. The summed E-state index contributed by atoms with van der Waals surface area (Å²) in [4.78, 5) is 31.8. The van der Waals surface area contributed by atoms with Crippen LogP contribution in [0.15, 0.2) is 108 Å². The molecule has 7 nitrogen and oxygen atoms in total. The molecule has 0 saturated heterocycles. The van der Waals surface area contributed by atoms with Gasteiger partial charge in [-0.05, 0) is 55.0 Å². The number of aliphatic imine (C=N–C) groups is 1. The lowest BCUT2D eigenvalue weighted by Gasteiger charge is -2.29. The number of non-ortho nitro benzene ring substituents is 1. The van der Waals surface area contributed by atoms with Crippen LogP contribution in [0.1, 0.15) is 28.3 Å². The third-order valence-corrected chi connectivity index (χ3v) is 6.69. The molecule has 36 heavy (non-hydrogen) atoms. The van der Waals surface area contributed by atoms with E-state index in [0.29, 0.717) is 17.0 Å². The van der Waals surface area contributed by atoms with Crippen LogP contribution in [0.5, 0.6) is 0 Å². The van der Waals surface area contributed by atoms with E-state index in [2.05, 4.69) is 0 Å². The van der Waals surface area contributed by atoms with Gasteiger partial charge in [0.25, 0.3) is 11.6 Å². The highest BCUT2D eigenvalue weighted by Gasteiger charge is 2.62. The maximum absolute atomic E-state index is 14.4. The fraction of sp³-hybridized carbons (Fsp3) is 0.103. The van der Waals surface area contributed by atoms with Crippen LogP contribution in [0, 0.1) is 17.0 Å². The number of carbonyl (C=O) groups is 1. The molecule has 0 aliphatic carbocycles. The van der Waals surface area contributed by atoms with E-state index < -0.39 is 16.6 Å². The molecule has 0 aromatic heterocycles. The van der Waals surface area contributed by atoms with Crippen LogP contribution in [0.25, 0.3) is 0 Å². The molecular weight excluding hydrogens is 454 g/mol. The van der Waals surface area contributed by atoms with E-state index in [-0.39, 0.29) is 11.6 Å². The van der Waals surface area contributed by atoms with E-state index in [9.17, 15) is 14.9 Å². The number of nitro groups is 1. The highest BCUT2D eigenvalue weighted by Crippen LogP contribution is 2.56. The van der Waals surface area contributed by atoms with E-state index in [4.69, 9.17) is 9.73 Å². The van der Waals surface area contributed by atoms with Gasteiger partial charge in [0, 0.05) is 28.9 Å². The Morgan fingerprint density at radius 1 is 0.889 bits per heavy atom. The molecule has 7 heteroatoms. The summed E-state index contributed by atoms with van der Waals surface area (Å²) in [7, 11) is 0. The van der Waals surface area contributed by atoms with Crippen molar-refractivity contribution in [2.24, 2.45) is 4.99 Å². The molecule has 0 radical (unpaired) electrons. The van der Waals surface area contributed by atoms with Gasteiger partial charge in [0.1, 0.15) is 6.04 Å². The molecule has 0 N–H and O–H groups in total. The average Bonchev–Trinajstić information content (AvgIpc) is 3.42. The summed E-state index contributed by atoms with van der Waals surface area (Å²) in [5.41, 5.74) is 3.17. The van der Waals surface area contributed by atoms with Crippen molar-refractivity contribution in [3.63, 3.8) is 0 Å². The van der Waals surface area contributed by atoms with Crippen LogP contribution in [-0.4, -0.2) is 16.7 Å². The van der Waals surface area contributed by atoms with Crippen molar-refractivity contribution in [2.45, 2.75) is 18.6 Å². The first-order chi connectivity index (χ1) is 17.5. The van der Waals surface area contributed by atoms with Gasteiger partial charge in [0.15, 0.2) is 0 Å². The highest BCUT2D eigenvalue weighted by atomic mass is 16.6. The maximum atomic E-state index is 14.4. The summed E-state index contributed by atoms with van der Waals surface area (Å²) >= 11 is 0. The number of hydrogen-bond donors (Lipinski definition) is 0. The van der Waals surface area contributed by atoms with Gasteiger partial charge in [-0.15, -0.1) is 0 Å². The van der Waals surface area contributed by atoms with Crippen molar-refractivity contribution in [1.29, 1.82) is 0 Å². The lowest BCUT2D eigenvalue weighted by molar-refractivity contribution is -0.384. The largest absolute Gasteiger partial charge is 0.453 e. The number of para-hydroxylation sites is 2. The summed E-state index contributed by atoms with van der Waals surface area (Å²) in [5.74, 6) is 0.0977. The molecular formula is C29H21N3O4. The van der Waals surface area contributed by atoms with Crippen LogP contribution in [0.2, 0.25) is 0 Å². The molecule has 4 aromatic rings. The first-order valence-electron chi connectivity index (χ1n) is 11.6. The zero-order valence-electron chi connectivity index (χ0n) is 19.4. The van der Waals surface area contributed by atoms with Gasteiger partial charge in [-0.25, -0.2) is 4.99 Å². The number of rotatable bonds is 4. The summed E-state index contributed by atoms with van der Waals surface area (Å²) in [5, 5.41) is 11.3. The Hall–Kier alpha value is -4.78. The van der Waals surface area contributed by atoms with Gasteiger partial charge >= 0.3 is 0 Å². The molecule has 4 aromatic carbocycles. The molecule has 6 rings (SSSR count). The lowest BCUT2D eigenvalue weighted by atomic mass is 9.84. The normalized spacial score (nSPS) is 20.2. The van der Waals surface area contributed by atoms with Crippen molar-refractivity contribution in [3.8, 4) is 0 Å². The molecule has 0 unspecified atom stereocenters. The SMILES string of the molecule is Cc1ccc(C2=N[C@H](c3ccc([N+](=O)[O-])cc3)[C@@]3(O2)C(=O)N(c2ccccc2)c2ccccc23)cc1. The molecule has 176 valence electrons. The summed E-state index contributed by atoms with van der Waals surface area (Å²) in [6, 6.07) is 30.2. The van der Waals surface area contributed by atoms with Gasteiger partial charge in [-0.3, -0.25) is 19.8 Å². The Morgan fingerprint density at radius 2 is 1.56 bits per heavy atom. The number of anilines is 2. The lowest BCUT2D eigenvalue weighted by Crippen LogP contribution is -2.43. The first kappa shape index (κ1) is 21.7. The van der Waals surface area contributed by atoms with Gasteiger partial charge in [-0.1, -0.05) is 54.1 Å². The number of ether oxygens (including phenoxy) is 1. The maximum Gasteiger partial charge on any atom is 0.283 e. The smallest absolute Gasteiger partial charge is 0.283 e. The predicted octanol–water partition coefficient (Wildman–Crippen LogP) is 6.00. The third kappa shape index (κ3) is 3.20. The number of nitro benzene ring substituents is 1. The van der Waals surface area contributed by atoms with E-state index in [1.165, 1.54) is 12.1 Å². The van der Waals surface area contributed by atoms with E-state index >= 15 is 0 Å². The number of nitrogens with zero attached hydrogens (tertiary/aromatic N) is 3. The Balaban J connectivity index is 1.55. The van der Waals surface area contributed by atoms with Crippen LogP contribution in [-0.2, 0) is 15.1 Å². The Bertz CT molecular complexity index is 1510. The molecule has 0 saturated carbocycles. The van der Waals surface area contributed by atoms with E-state index in [1.807, 2.05) is 85.8 Å². The zero-order valence-corrected chi connectivity index (χ0v) is 19.4. The quantitative estimate of drug-likeness (QED) is 0.268. The molecule has 2 aliphatic heterocycles. The van der Waals surface area contributed by atoms with Crippen molar-refractivity contribution in [2.75, 3.05) is 4.90 Å². The number of amides is 1. The number of aryl methyl sites for hydroxylation is 1. The van der Waals surface area contributed by atoms with E-state index in [1.54, 1.807) is 17.0 Å². The number of benzene rings is 4. The average molecular weight is 476 g/mol. The van der Waals surface area contributed by atoms with E-state index in [0.717, 1.165) is 22.5 Å². The Morgan fingerprint density at radius 3 is 2.25 bits per heavy atom. The number of carbonyl (C=O) groups excluding carboxylic acids is 1. The molecule has 1 amide bonds. The summed E-state index contributed by atoms with van der Waals surface area (Å²) in [6.07, 6.45) is 0. The molecule has 1 spiro atoms. The molecule has 2 aliphatic rings. The molecule has 2 atom stereocenters. The monoisotopic (exact) mass is 475 g/mol. The minimum Gasteiger partial charge on any atom is -0.453 e. The fourth-order valence-corrected chi connectivity index (χ4v) is 4.93. The second kappa shape index (κ2) is 8.16. The van der Waals surface area contributed by atoms with Crippen LogP contribution >= 0.6 is 0 Å². The van der Waals surface area contributed by atoms with Gasteiger partial charge in [0.05, 0.1) is 10.6 Å². The highest BCUT2D eigenvalue weighted by molar-refractivity contribution is 6.15. The number of hydrogen-bond acceptors (Lipinski definition) is 5. The minimum atomic E-state index is -1.46. The molecule has 2 heterocycles. The minimum absolute atomic E-state index is 0.0292. The van der Waals surface area contributed by atoms with Crippen LogP contribution in [0.4, 0.5) is 17.1 Å². The Labute approximate surface area is 207 Å². The topological polar surface area (TPSA) is 85.0 Å². The van der Waals surface area contributed by atoms with Crippen LogP contribution in [0.3, 0.4) is 0 Å². The predicted molar refractivity (Wildman–Crippen MR) is 136 cm³/mol. The zero-order chi connectivity index (χ0) is 24.9. The van der Waals surface area contributed by atoms with Gasteiger partial charge in [-0.2, -0.15) is 0 Å². The summed E-state index contributed by atoms with van der Waals surface area (Å²) in [6.45, 7) is 2.00. The van der Waals surface area contributed by atoms with Crippen molar-refractivity contribution < 1.29 is 14.5 Å². The van der Waals surface area contributed by atoms with Crippen LogP contribution < -0.4 is 4.90 Å². The van der Waals surface area contributed by atoms with Crippen molar-refractivity contribution in [1.82, 2.24) is 0 Å². The number of fused-ring (bicyclic) bond motifs is 2. The van der Waals surface area contributed by atoms with Crippen molar-refractivity contribution >= 4 is 28.9 Å². The summed E-state index contributed by atoms with van der Waals surface area (Å²) < 4.78 is 6.60. The fourth-order valence-electron chi connectivity index (χ4n) is 4.93.